The van der Waals surface area contributed by atoms with Crippen molar-refractivity contribution in [1.82, 2.24) is 14.8 Å². The molecule has 6 heteroatoms. The van der Waals surface area contributed by atoms with Gasteiger partial charge in [-0.3, -0.25) is 9.59 Å². The van der Waals surface area contributed by atoms with Crippen LogP contribution in [0.5, 0.6) is 5.88 Å². The number of hydrogen-bond acceptors (Lipinski definition) is 4. The van der Waals surface area contributed by atoms with E-state index in [-0.39, 0.29) is 24.0 Å². The fraction of sp³-hybridized carbons (Fsp3) is 0.462. The number of ether oxygens (including phenoxy) is 1. The maximum atomic E-state index is 12.4. The second kappa shape index (κ2) is 4.22. The van der Waals surface area contributed by atoms with Gasteiger partial charge in [-0.2, -0.15) is 0 Å². The van der Waals surface area contributed by atoms with Crippen LogP contribution in [-0.4, -0.2) is 58.9 Å². The number of rotatable bonds is 0. The minimum absolute atomic E-state index is 0.00114. The Morgan fingerprint density at radius 3 is 3.00 bits per heavy atom. The van der Waals surface area contributed by atoms with Gasteiger partial charge in [0.15, 0.2) is 0 Å². The third-order valence-electron chi connectivity index (χ3n) is 3.76. The summed E-state index contributed by atoms with van der Waals surface area (Å²) in [5.41, 5.74) is 0.480. The van der Waals surface area contributed by atoms with Gasteiger partial charge < -0.3 is 14.5 Å². The molecule has 0 aliphatic carbocycles. The molecule has 0 aromatic carbocycles. The Kier molecular flexibility index (Phi) is 2.66. The third kappa shape index (κ3) is 1.83. The largest absolute Gasteiger partial charge is 0.470 e. The van der Waals surface area contributed by atoms with Crippen molar-refractivity contribution in [3.05, 3.63) is 23.9 Å². The molecule has 0 spiro atoms. The van der Waals surface area contributed by atoms with E-state index in [1.54, 1.807) is 35.2 Å². The summed E-state index contributed by atoms with van der Waals surface area (Å²) >= 11 is 0. The highest BCUT2D eigenvalue weighted by atomic mass is 16.5. The van der Waals surface area contributed by atoms with E-state index in [1.807, 2.05) is 0 Å². The minimum atomic E-state index is -0.214. The van der Waals surface area contributed by atoms with Crippen molar-refractivity contribution in [3.8, 4) is 5.88 Å². The summed E-state index contributed by atoms with van der Waals surface area (Å²) in [6.45, 7) is 2.53. The molecule has 1 saturated heterocycles. The van der Waals surface area contributed by atoms with Gasteiger partial charge in [0.05, 0.1) is 12.6 Å². The summed E-state index contributed by atoms with van der Waals surface area (Å²) in [5, 5.41) is 0. The van der Waals surface area contributed by atoms with Crippen LogP contribution in [0, 0.1) is 0 Å². The van der Waals surface area contributed by atoms with Crippen LogP contribution in [0.15, 0.2) is 18.3 Å². The molecular formula is C13H15N3O3. The average Bonchev–Trinajstić information content (AvgIpc) is 2.78. The second-order valence-corrected chi connectivity index (χ2v) is 4.92. The van der Waals surface area contributed by atoms with Crippen molar-refractivity contribution >= 4 is 11.8 Å². The molecule has 100 valence electrons. The number of fused-ring (bicyclic) bond motifs is 2. The van der Waals surface area contributed by atoms with Crippen molar-refractivity contribution < 1.29 is 14.3 Å². The van der Waals surface area contributed by atoms with Crippen molar-refractivity contribution in [2.75, 3.05) is 20.1 Å². The first kappa shape index (κ1) is 12.0. The second-order valence-electron chi connectivity index (χ2n) is 4.92. The molecule has 0 bridgehead atoms. The zero-order valence-electron chi connectivity index (χ0n) is 10.9. The number of hydrogen-bond donors (Lipinski definition) is 0. The van der Waals surface area contributed by atoms with Crippen molar-refractivity contribution in [2.24, 2.45) is 0 Å². The van der Waals surface area contributed by atoms with Crippen LogP contribution in [-0.2, 0) is 4.79 Å². The Morgan fingerprint density at radius 2 is 2.26 bits per heavy atom. The Labute approximate surface area is 111 Å². The molecule has 2 aliphatic heterocycles. The molecule has 0 N–H and O–H groups in total. The minimum Gasteiger partial charge on any atom is -0.470 e. The van der Waals surface area contributed by atoms with Crippen LogP contribution in [0.3, 0.4) is 0 Å². The van der Waals surface area contributed by atoms with E-state index < -0.39 is 0 Å². The molecular weight excluding hydrogens is 246 g/mol. The number of amides is 2. The van der Waals surface area contributed by atoms with Crippen LogP contribution in [0.25, 0.3) is 0 Å². The highest BCUT2D eigenvalue weighted by Gasteiger charge is 2.43. The quantitative estimate of drug-likeness (QED) is 0.666. The average molecular weight is 261 g/mol. The number of carbonyl (C=O) groups is 2. The summed E-state index contributed by atoms with van der Waals surface area (Å²) in [4.78, 5) is 31.3. The number of likely N-dealkylation sites (N-methyl/N-ethyl adjacent to an activating group) is 1. The molecule has 19 heavy (non-hydrogen) atoms. The summed E-state index contributed by atoms with van der Waals surface area (Å²) in [6.07, 6.45) is 1.39. The lowest BCUT2D eigenvalue weighted by Gasteiger charge is -2.24. The van der Waals surface area contributed by atoms with Gasteiger partial charge >= 0.3 is 0 Å². The summed E-state index contributed by atoms with van der Waals surface area (Å²) < 4.78 is 5.83. The van der Waals surface area contributed by atoms with Crippen LogP contribution in [0.4, 0.5) is 0 Å². The molecule has 0 radical (unpaired) electrons. The van der Waals surface area contributed by atoms with Crippen LogP contribution >= 0.6 is 0 Å². The predicted octanol–water partition coefficient (Wildman–Crippen LogP) is 0.145. The Bertz CT molecular complexity index is 546. The van der Waals surface area contributed by atoms with Crippen LogP contribution in [0.1, 0.15) is 17.3 Å². The Morgan fingerprint density at radius 1 is 1.47 bits per heavy atom. The van der Waals surface area contributed by atoms with E-state index in [0.29, 0.717) is 24.5 Å². The first-order chi connectivity index (χ1) is 9.08. The number of carbonyl (C=O) groups excluding carboxylic acids is 2. The molecule has 1 fully saturated rings. The zero-order valence-corrected chi connectivity index (χ0v) is 10.9. The van der Waals surface area contributed by atoms with E-state index in [0.717, 1.165) is 0 Å². The lowest BCUT2D eigenvalue weighted by molar-refractivity contribution is -0.128. The summed E-state index contributed by atoms with van der Waals surface area (Å²) in [5.74, 6) is 0.247. The molecule has 2 aliphatic rings. The zero-order chi connectivity index (χ0) is 13.6. The summed E-state index contributed by atoms with van der Waals surface area (Å²) in [6, 6.07) is 3.31. The predicted molar refractivity (Wildman–Crippen MR) is 66.8 cm³/mol. The fourth-order valence-corrected chi connectivity index (χ4v) is 2.63. The number of likely N-dealkylation sites (tertiary alicyclic amines) is 1. The van der Waals surface area contributed by atoms with Gasteiger partial charge in [0.2, 0.25) is 11.8 Å². The molecule has 6 nitrogen and oxygen atoms in total. The first-order valence-corrected chi connectivity index (χ1v) is 6.22. The van der Waals surface area contributed by atoms with Gasteiger partial charge in [0.25, 0.3) is 5.91 Å². The molecule has 2 amide bonds. The molecule has 3 heterocycles. The Hall–Kier alpha value is -2.11. The van der Waals surface area contributed by atoms with Gasteiger partial charge in [-0.05, 0) is 12.1 Å². The SMILES string of the molecule is CC(=O)N1CC2Oc3ncccc3C(=O)N(C)C2C1. The van der Waals surface area contributed by atoms with Crippen LogP contribution < -0.4 is 4.74 Å². The maximum Gasteiger partial charge on any atom is 0.259 e. The number of aromatic nitrogens is 1. The fourth-order valence-electron chi connectivity index (χ4n) is 2.63. The van der Waals surface area contributed by atoms with Gasteiger partial charge in [-0.15, -0.1) is 0 Å². The molecule has 2 unspecified atom stereocenters. The number of nitrogens with zero attached hydrogens (tertiary/aromatic N) is 3. The molecule has 1 aromatic rings. The van der Waals surface area contributed by atoms with Gasteiger partial charge in [0, 0.05) is 26.7 Å². The molecule has 3 rings (SSSR count). The van der Waals surface area contributed by atoms with Crippen molar-refractivity contribution in [1.29, 1.82) is 0 Å². The Balaban J connectivity index is 1.97. The topological polar surface area (TPSA) is 62.7 Å². The van der Waals surface area contributed by atoms with Crippen molar-refractivity contribution in [2.45, 2.75) is 19.1 Å². The van der Waals surface area contributed by atoms with Gasteiger partial charge in [0.1, 0.15) is 11.7 Å². The number of pyridine rings is 1. The maximum absolute atomic E-state index is 12.4. The lowest BCUT2D eigenvalue weighted by atomic mass is 10.2. The summed E-state index contributed by atoms with van der Waals surface area (Å²) in [7, 11) is 1.75. The standard InChI is InChI=1S/C13H15N3O3/c1-8(17)16-6-10-11(7-16)19-12-9(4-3-5-14-12)13(18)15(10)2/h3-5,10-11H,6-7H2,1-2H3. The van der Waals surface area contributed by atoms with Gasteiger partial charge in [-0.1, -0.05) is 0 Å². The molecule has 0 saturated carbocycles. The van der Waals surface area contributed by atoms with E-state index in [2.05, 4.69) is 4.98 Å². The van der Waals surface area contributed by atoms with E-state index in [9.17, 15) is 9.59 Å². The van der Waals surface area contributed by atoms with E-state index in [1.165, 1.54) is 6.92 Å². The smallest absolute Gasteiger partial charge is 0.259 e. The van der Waals surface area contributed by atoms with Gasteiger partial charge in [-0.25, -0.2) is 4.98 Å². The van der Waals surface area contributed by atoms with Crippen molar-refractivity contribution in [3.63, 3.8) is 0 Å². The third-order valence-corrected chi connectivity index (χ3v) is 3.76. The molecule has 2 atom stereocenters. The lowest BCUT2D eigenvalue weighted by Crippen LogP contribution is -2.44. The van der Waals surface area contributed by atoms with E-state index >= 15 is 0 Å². The molecule has 1 aromatic heterocycles. The monoisotopic (exact) mass is 261 g/mol. The highest BCUT2D eigenvalue weighted by molar-refractivity contribution is 5.96. The van der Waals surface area contributed by atoms with Crippen LogP contribution in [0.2, 0.25) is 0 Å². The highest BCUT2D eigenvalue weighted by Crippen LogP contribution is 2.28. The first-order valence-electron chi connectivity index (χ1n) is 6.22. The van der Waals surface area contributed by atoms with E-state index in [4.69, 9.17) is 4.74 Å². The normalized spacial score (nSPS) is 25.5.